The number of aliphatic hydroxyl groups excluding tert-OH is 22. The van der Waals surface area contributed by atoms with Crippen LogP contribution in [0.4, 0.5) is 0 Å². The molecular weight excluding hydrogens is 1350 g/mol. The summed E-state index contributed by atoms with van der Waals surface area (Å²) in [5.74, 6) is -13.8. The van der Waals surface area contributed by atoms with E-state index in [1.165, 1.54) is 6.92 Å². The second-order valence-electron chi connectivity index (χ2n) is 24.4. The van der Waals surface area contributed by atoms with Crippen LogP contribution in [-0.4, -0.2) is 418 Å². The van der Waals surface area contributed by atoms with Crippen LogP contribution < -0.4 is 16.0 Å². The maximum atomic E-state index is 13.5. The lowest BCUT2D eigenvalue weighted by atomic mass is 9.88. The lowest BCUT2D eigenvalue weighted by molar-refractivity contribution is -0.392. The highest BCUT2D eigenvalue weighted by molar-refractivity contribution is 5.77. The molecule has 0 aliphatic carbocycles. The molecule has 27 N–H and O–H groups in total. The Morgan fingerprint density at radius 2 is 0.867 bits per heavy atom. The van der Waals surface area contributed by atoms with Crippen molar-refractivity contribution in [3.8, 4) is 0 Å². The summed E-state index contributed by atoms with van der Waals surface area (Å²) in [4.78, 5) is 64.7. The van der Waals surface area contributed by atoms with Crippen LogP contribution in [0.3, 0.4) is 0 Å². The normalized spacial score (nSPS) is 42.6. The van der Waals surface area contributed by atoms with Gasteiger partial charge in [-0.3, -0.25) is 14.4 Å². The highest BCUT2D eigenvalue weighted by atomic mass is 16.8. The summed E-state index contributed by atoms with van der Waals surface area (Å²) < 4.78 is 70.2. The minimum absolute atomic E-state index is 0.821. The maximum Gasteiger partial charge on any atom is 0.364 e. The van der Waals surface area contributed by atoms with E-state index in [-0.39, 0.29) is 0 Å². The lowest BCUT2D eigenvalue weighted by Crippen LogP contribution is -2.71. The molecule has 568 valence electrons. The maximum absolute atomic E-state index is 13.5. The van der Waals surface area contributed by atoms with E-state index < -0.39 is 308 Å². The fraction of sp³-hybridized carbons (Fsp3) is 0.907. The van der Waals surface area contributed by atoms with Gasteiger partial charge >= 0.3 is 11.9 Å². The summed E-state index contributed by atoms with van der Waals surface area (Å²) in [7, 11) is 0. The number of ether oxygens (including phenoxy) is 12. The smallest absolute Gasteiger partial charge is 0.364 e. The van der Waals surface area contributed by atoms with E-state index >= 15 is 0 Å². The molecule has 0 radical (unpaired) electrons. The van der Waals surface area contributed by atoms with Crippen LogP contribution in [0.2, 0.25) is 0 Å². The summed E-state index contributed by atoms with van der Waals surface area (Å²) in [5, 5.41) is 268. The summed E-state index contributed by atoms with van der Waals surface area (Å²) in [5.41, 5.74) is 0. The fourth-order valence-corrected chi connectivity index (χ4v) is 11.9. The Bertz CT molecular complexity index is 2580. The largest absolute Gasteiger partial charge is 0.477 e. The van der Waals surface area contributed by atoms with Crippen LogP contribution >= 0.6 is 0 Å². The van der Waals surface area contributed by atoms with E-state index in [4.69, 9.17) is 56.8 Å². The van der Waals surface area contributed by atoms with Gasteiger partial charge in [-0.15, -0.1) is 0 Å². The Hall–Kier alpha value is -4.01. The fourth-order valence-electron chi connectivity index (χ4n) is 11.9. The van der Waals surface area contributed by atoms with Gasteiger partial charge in [-0.1, -0.05) is 0 Å². The van der Waals surface area contributed by atoms with Gasteiger partial charge in [0.15, 0.2) is 25.2 Å². The molecule has 6 aliphatic heterocycles. The lowest BCUT2D eigenvalue weighted by Gasteiger charge is -2.51. The van der Waals surface area contributed by atoms with Crippen molar-refractivity contribution in [2.24, 2.45) is 0 Å². The molecule has 44 nitrogen and oxygen atoms in total. The molecule has 36 atom stereocenters. The number of carbonyl (C=O) groups excluding carboxylic acids is 3. The minimum atomic E-state index is -3.28. The van der Waals surface area contributed by atoms with E-state index in [0.29, 0.717) is 0 Å². The molecule has 44 heteroatoms. The van der Waals surface area contributed by atoms with Gasteiger partial charge in [0.1, 0.15) is 153 Å². The van der Waals surface area contributed by atoms with Gasteiger partial charge in [0.25, 0.3) is 11.6 Å². The highest BCUT2D eigenvalue weighted by Gasteiger charge is 2.62. The average molecular weight is 1440 g/mol. The Morgan fingerprint density at radius 3 is 1.31 bits per heavy atom. The van der Waals surface area contributed by atoms with Crippen molar-refractivity contribution in [3.05, 3.63) is 0 Å². The summed E-state index contributed by atoms with van der Waals surface area (Å²) in [6.45, 7) is -5.16. The molecule has 6 saturated heterocycles. The van der Waals surface area contributed by atoms with Gasteiger partial charge in [0.2, 0.25) is 17.7 Å². The van der Waals surface area contributed by atoms with Crippen molar-refractivity contribution < 1.29 is 203 Å². The van der Waals surface area contributed by atoms with Gasteiger partial charge < -0.3 is 195 Å². The third kappa shape index (κ3) is 18.7. The number of carboxylic acid groups (broad SMARTS) is 2. The molecule has 6 rings (SSSR count). The van der Waals surface area contributed by atoms with Gasteiger partial charge in [0.05, 0.1) is 76.6 Å². The topological polar surface area (TPSA) is 718 Å². The van der Waals surface area contributed by atoms with Gasteiger partial charge in [-0.25, -0.2) is 9.59 Å². The number of hydrogen-bond acceptors (Lipinski definition) is 39. The van der Waals surface area contributed by atoms with E-state index in [2.05, 4.69) is 16.0 Å². The minimum Gasteiger partial charge on any atom is -0.477 e. The SMILES string of the molecule is CC(=O)N[C@H]1[C@H](O[C@H]2[C@@H](O)[C@@H](CO[C@]3(C(=O)O)C[C@H](O)[C@@H](NC(C)=O)[C@H]([C@H](O)[C@H](O)CO)O3)O[C@@H](O[C@@H]([C@H](O)[C@@H](O)CO)[C@H](O)CO)[C@@H]2O)O[C@H](CO[C@]2(C(=O)O)C[C@H](O)[C@@H](NC(C)=O)[C@H]([C@H](O)[C@H](O)CO)O2)[C@@H](O)[C@@H]1O[C@@H]1O[C@H](CO)[C@H](O)[C@H](O)[C@H]1O[C@@H]1O[C@@H](C)[C@@H](O)[C@@H](O)[C@@H]1O. The van der Waals surface area contributed by atoms with E-state index in [1.807, 2.05) is 0 Å². The van der Waals surface area contributed by atoms with Crippen molar-refractivity contribution >= 4 is 29.7 Å². The molecule has 0 spiro atoms. The Balaban J connectivity index is 1.50. The molecule has 6 aliphatic rings. The molecule has 6 fully saturated rings. The van der Waals surface area contributed by atoms with Crippen molar-refractivity contribution in [1.29, 1.82) is 0 Å². The molecule has 0 saturated carbocycles. The Labute approximate surface area is 554 Å². The zero-order valence-electron chi connectivity index (χ0n) is 52.7. The van der Waals surface area contributed by atoms with Crippen LogP contribution in [0.15, 0.2) is 0 Å². The third-order valence-corrected chi connectivity index (χ3v) is 17.3. The first-order valence-electron chi connectivity index (χ1n) is 30.6. The molecule has 98 heavy (non-hydrogen) atoms. The monoisotopic (exact) mass is 1440 g/mol. The molecule has 0 aromatic rings. The predicted octanol–water partition coefficient (Wildman–Crippen LogP) is -16.8. The number of amides is 3. The van der Waals surface area contributed by atoms with Gasteiger partial charge in [0, 0.05) is 33.6 Å². The zero-order chi connectivity index (χ0) is 73.5. The first kappa shape index (κ1) is 82.9. The first-order chi connectivity index (χ1) is 45.9. The van der Waals surface area contributed by atoms with Crippen molar-refractivity contribution in [2.45, 2.75) is 260 Å². The average Bonchev–Trinajstić information content (AvgIpc) is 0.771. The number of aliphatic hydroxyl groups is 22. The standard InChI is InChI=1S/C54H91N3O41/c1-14-30(72)37(79)39(81)48(89-14)96-46-38(80)34(76)24(11-62)90-50(46)94-42-29(57-17(4)65)47(91-25(35(42)77)12-87-53(51(83)84)5-18(66)27(55-15(2)63)43(97-53)32(74)21(69)8-59)95-45-36(78)26(92-49(40(45)82)93-41(23(71)10-61)31(73)20(68)7-58)13-88-54(52(85)86)6-19(67)28(56-16(3)64)44(98-54)33(75)22(70)9-60/h14,18-50,58-62,66-82H,5-13H2,1-4H3,(H,55,63)(H,56,64)(H,57,65)(H,83,84)(H,85,86)/t14-,18-,19-,20-,21+,22+,23+,24+,25+,26+,27+,28+,29+,30+,31+,32+,33+,34-,35+,36-,37+,38-,39-,40+,41+,42+,43+,44+,45-,46+,47-,48-,49-,50-,53+,54+/m0/s1. The second kappa shape index (κ2) is 35.4. The van der Waals surface area contributed by atoms with Crippen LogP contribution in [0.5, 0.6) is 0 Å². The summed E-state index contributed by atoms with van der Waals surface area (Å²) >= 11 is 0. The molecule has 0 unspecified atom stereocenters. The van der Waals surface area contributed by atoms with Gasteiger partial charge in [-0.05, 0) is 6.92 Å². The van der Waals surface area contributed by atoms with Crippen molar-refractivity contribution in [1.82, 2.24) is 16.0 Å². The van der Waals surface area contributed by atoms with Crippen LogP contribution in [0, 0.1) is 0 Å². The van der Waals surface area contributed by atoms with Crippen LogP contribution in [0.1, 0.15) is 40.5 Å². The Kier molecular flexibility index (Phi) is 30.0. The number of carboxylic acids is 2. The summed E-state index contributed by atoms with van der Waals surface area (Å²) in [6, 6.07) is -5.79. The zero-order valence-corrected chi connectivity index (χ0v) is 52.7. The molecule has 0 aromatic heterocycles. The quantitative estimate of drug-likeness (QED) is 0.0306. The van der Waals surface area contributed by atoms with Crippen LogP contribution in [-0.2, 0) is 80.8 Å². The molecule has 3 amide bonds. The molecular formula is C54H91N3O41. The number of hydrogen-bond donors (Lipinski definition) is 27. The molecule has 6 heterocycles. The predicted molar refractivity (Wildman–Crippen MR) is 302 cm³/mol. The third-order valence-electron chi connectivity index (χ3n) is 17.3. The summed E-state index contributed by atoms with van der Waals surface area (Å²) in [6.07, 6.45) is -72.3. The number of nitrogens with one attached hydrogen (secondary N) is 3. The van der Waals surface area contributed by atoms with Crippen molar-refractivity contribution in [2.75, 3.05) is 46.2 Å². The van der Waals surface area contributed by atoms with Crippen molar-refractivity contribution in [3.63, 3.8) is 0 Å². The first-order valence-corrected chi connectivity index (χ1v) is 30.6. The molecule has 0 aromatic carbocycles. The van der Waals surface area contributed by atoms with E-state index in [0.717, 1.165) is 20.8 Å². The molecule has 0 bridgehead atoms. The van der Waals surface area contributed by atoms with Gasteiger partial charge in [-0.2, -0.15) is 0 Å². The Morgan fingerprint density at radius 1 is 0.449 bits per heavy atom. The van der Waals surface area contributed by atoms with E-state index in [9.17, 15) is 147 Å². The van der Waals surface area contributed by atoms with E-state index in [1.54, 1.807) is 0 Å². The van der Waals surface area contributed by atoms with Crippen LogP contribution in [0.25, 0.3) is 0 Å². The highest BCUT2D eigenvalue weighted by Crippen LogP contribution is 2.40. The number of carbonyl (C=O) groups is 5. The number of rotatable bonds is 31. The number of aliphatic carboxylic acids is 2. The second-order valence-corrected chi connectivity index (χ2v) is 24.4.